The maximum atomic E-state index is 11.4. The van der Waals surface area contributed by atoms with Crippen LogP contribution >= 0.6 is 0 Å². The van der Waals surface area contributed by atoms with E-state index in [2.05, 4.69) is 4.98 Å². The van der Waals surface area contributed by atoms with Crippen molar-refractivity contribution in [1.82, 2.24) is 4.98 Å². The van der Waals surface area contributed by atoms with E-state index in [1.54, 1.807) is 6.20 Å². The molecule has 1 aliphatic heterocycles. The second kappa shape index (κ2) is 3.91. The summed E-state index contributed by atoms with van der Waals surface area (Å²) in [5.41, 5.74) is 12.6. The first-order valence-corrected chi connectivity index (χ1v) is 5.69. The first-order chi connectivity index (χ1) is 7.92. The highest BCUT2D eigenvalue weighted by Gasteiger charge is 2.39. The molecule has 1 atom stereocenters. The molecular weight excluding hydrogens is 216 g/mol. The highest BCUT2D eigenvalue weighted by atomic mass is 16.1. The highest BCUT2D eigenvalue weighted by Crippen LogP contribution is 2.34. The van der Waals surface area contributed by atoms with Crippen LogP contribution in [0, 0.1) is 12.3 Å². The Morgan fingerprint density at radius 3 is 2.82 bits per heavy atom. The van der Waals surface area contributed by atoms with Crippen molar-refractivity contribution in [3.8, 4) is 0 Å². The molecule has 0 saturated carbocycles. The third kappa shape index (κ3) is 2.05. The lowest BCUT2D eigenvalue weighted by Crippen LogP contribution is -2.37. The number of carbonyl (C=O) groups is 1. The summed E-state index contributed by atoms with van der Waals surface area (Å²) in [6.45, 7) is 5.19. The van der Waals surface area contributed by atoms with Gasteiger partial charge < -0.3 is 16.4 Å². The zero-order valence-electron chi connectivity index (χ0n) is 10.2. The molecule has 2 heterocycles. The summed E-state index contributed by atoms with van der Waals surface area (Å²) in [5.74, 6) is 0.492. The van der Waals surface area contributed by atoms with Gasteiger partial charge in [0.1, 0.15) is 0 Å². The Labute approximate surface area is 101 Å². The lowest BCUT2D eigenvalue weighted by Gasteiger charge is -2.22. The molecular formula is C12H18N4O. The van der Waals surface area contributed by atoms with E-state index in [9.17, 15) is 4.79 Å². The number of hydrogen-bond acceptors (Lipinski definition) is 4. The number of aromatic nitrogens is 1. The predicted octanol–water partition coefficient (Wildman–Crippen LogP) is 0.674. The van der Waals surface area contributed by atoms with Crippen molar-refractivity contribution in [3.63, 3.8) is 0 Å². The average Bonchev–Trinajstić information content (AvgIpc) is 2.62. The molecule has 0 radical (unpaired) electrons. The molecule has 1 amide bonds. The number of pyridine rings is 1. The van der Waals surface area contributed by atoms with Gasteiger partial charge in [-0.1, -0.05) is 0 Å². The normalized spacial score (nSPS) is 24.0. The number of carbonyl (C=O) groups excluding carboxylic acids is 1. The molecule has 5 heteroatoms. The van der Waals surface area contributed by atoms with E-state index in [4.69, 9.17) is 11.5 Å². The van der Waals surface area contributed by atoms with Crippen LogP contribution in [0.4, 0.5) is 11.5 Å². The summed E-state index contributed by atoms with van der Waals surface area (Å²) in [6, 6.07) is 1.89. The number of aryl methyl sites for hydroxylation is 1. The SMILES string of the molecule is Cc1cnc(N2CCC(C)(C(N)=O)C2)c(N)c1. The van der Waals surface area contributed by atoms with E-state index >= 15 is 0 Å². The van der Waals surface area contributed by atoms with Gasteiger partial charge in [-0.15, -0.1) is 0 Å². The van der Waals surface area contributed by atoms with Crippen molar-refractivity contribution < 1.29 is 4.79 Å². The molecule has 1 fully saturated rings. The first-order valence-electron chi connectivity index (χ1n) is 5.69. The Bertz CT molecular complexity index is 460. The van der Waals surface area contributed by atoms with Gasteiger partial charge in [0.05, 0.1) is 11.1 Å². The van der Waals surface area contributed by atoms with Gasteiger partial charge in [-0.3, -0.25) is 4.79 Å². The average molecular weight is 234 g/mol. The molecule has 17 heavy (non-hydrogen) atoms. The Morgan fingerprint density at radius 1 is 1.59 bits per heavy atom. The standard InChI is InChI=1S/C12H18N4O/c1-8-5-9(13)10(15-6-8)16-4-3-12(2,7-16)11(14)17/h5-6H,3-4,7,13H2,1-2H3,(H2,14,17). The number of amides is 1. The maximum absolute atomic E-state index is 11.4. The third-order valence-electron chi connectivity index (χ3n) is 3.40. The summed E-state index contributed by atoms with van der Waals surface area (Å²) in [5, 5.41) is 0. The summed E-state index contributed by atoms with van der Waals surface area (Å²) in [6.07, 6.45) is 2.53. The van der Waals surface area contributed by atoms with E-state index in [0.29, 0.717) is 12.2 Å². The molecule has 1 aromatic rings. The van der Waals surface area contributed by atoms with E-state index in [0.717, 1.165) is 24.3 Å². The summed E-state index contributed by atoms with van der Waals surface area (Å²) in [4.78, 5) is 17.7. The third-order valence-corrected chi connectivity index (χ3v) is 3.40. The van der Waals surface area contributed by atoms with Gasteiger partial charge in [-0.05, 0) is 31.9 Å². The molecule has 4 N–H and O–H groups in total. The molecule has 1 unspecified atom stereocenters. The minimum atomic E-state index is -0.473. The number of nitrogen functional groups attached to an aromatic ring is 1. The van der Waals surface area contributed by atoms with E-state index in [1.165, 1.54) is 0 Å². The van der Waals surface area contributed by atoms with Crippen molar-refractivity contribution >= 4 is 17.4 Å². The van der Waals surface area contributed by atoms with Gasteiger partial charge in [0.2, 0.25) is 5.91 Å². The van der Waals surface area contributed by atoms with Gasteiger partial charge in [-0.2, -0.15) is 0 Å². The molecule has 0 spiro atoms. The summed E-state index contributed by atoms with van der Waals surface area (Å²) < 4.78 is 0. The van der Waals surface area contributed by atoms with Crippen LogP contribution in [0.1, 0.15) is 18.9 Å². The van der Waals surface area contributed by atoms with E-state index in [-0.39, 0.29) is 5.91 Å². The Morgan fingerprint density at radius 2 is 2.29 bits per heavy atom. The summed E-state index contributed by atoms with van der Waals surface area (Å²) >= 11 is 0. The maximum Gasteiger partial charge on any atom is 0.225 e. The smallest absolute Gasteiger partial charge is 0.225 e. The van der Waals surface area contributed by atoms with Gasteiger partial charge in [-0.25, -0.2) is 4.98 Å². The number of primary amides is 1. The van der Waals surface area contributed by atoms with Crippen LogP contribution in [0.25, 0.3) is 0 Å². The zero-order chi connectivity index (χ0) is 12.6. The minimum Gasteiger partial charge on any atom is -0.396 e. The van der Waals surface area contributed by atoms with Gasteiger partial charge in [0.15, 0.2) is 5.82 Å². The highest BCUT2D eigenvalue weighted by molar-refractivity contribution is 5.82. The van der Waals surface area contributed by atoms with Crippen LogP contribution in [0.3, 0.4) is 0 Å². The lowest BCUT2D eigenvalue weighted by atomic mass is 9.89. The molecule has 2 rings (SSSR count). The number of nitrogens with zero attached hydrogens (tertiary/aromatic N) is 2. The van der Waals surface area contributed by atoms with Crippen molar-refractivity contribution in [2.45, 2.75) is 20.3 Å². The Kier molecular flexibility index (Phi) is 2.69. The summed E-state index contributed by atoms with van der Waals surface area (Å²) in [7, 11) is 0. The van der Waals surface area contributed by atoms with E-state index in [1.807, 2.05) is 24.8 Å². The quantitative estimate of drug-likeness (QED) is 0.787. The molecule has 1 saturated heterocycles. The predicted molar refractivity (Wildman–Crippen MR) is 67.5 cm³/mol. The molecule has 0 aliphatic carbocycles. The zero-order valence-corrected chi connectivity index (χ0v) is 10.2. The molecule has 92 valence electrons. The fourth-order valence-electron chi connectivity index (χ4n) is 2.19. The first kappa shape index (κ1) is 11.7. The molecule has 1 aromatic heterocycles. The van der Waals surface area contributed by atoms with E-state index < -0.39 is 5.41 Å². The van der Waals surface area contributed by atoms with Crippen molar-refractivity contribution in [2.75, 3.05) is 23.7 Å². The number of rotatable bonds is 2. The second-order valence-electron chi connectivity index (χ2n) is 5.02. The van der Waals surface area contributed by atoms with Crippen LogP contribution in [0.2, 0.25) is 0 Å². The second-order valence-corrected chi connectivity index (χ2v) is 5.02. The van der Waals surface area contributed by atoms with Crippen molar-refractivity contribution in [1.29, 1.82) is 0 Å². The molecule has 0 bridgehead atoms. The molecule has 1 aliphatic rings. The number of anilines is 2. The fourth-order valence-corrected chi connectivity index (χ4v) is 2.19. The largest absolute Gasteiger partial charge is 0.396 e. The lowest BCUT2D eigenvalue weighted by molar-refractivity contribution is -0.125. The number of nitrogens with two attached hydrogens (primary N) is 2. The van der Waals surface area contributed by atoms with Crippen LogP contribution in [0.5, 0.6) is 0 Å². The minimum absolute atomic E-state index is 0.259. The van der Waals surface area contributed by atoms with Crippen LogP contribution < -0.4 is 16.4 Å². The van der Waals surface area contributed by atoms with Gasteiger partial charge in [0.25, 0.3) is 0 Å². The van der Waals surface area contributed by atoms with Crippen LogP contribution in [-0.4, -0.2) is 24.0 Å². The van der Waals surface area contributed by atoms with Crippen molar-refractivity contribution in [2.24, 2.45) is 11.1 Å². The topological polar surface area (TPSA) is 85.2 Å². The van der Waals surface area contributed by atoms with Gasteiger partial charge in [0, 0.05) is 19.3 Å². The molecule has 0 aromatic carbocycles. The fraction of sp³-hybridized carbons (Fsp3) is 0.500. The Hall–Kier alpha value is -1.78. The van der Waals surface area contributed by atoms with Gasteiger partial charge >= 0.3 is 0 Å². The molecule has 5 nitrogen and oxygen atoms in total. The van der Waals surface area contributed by atoms with Crippen molar-refractivity contribution in [3.05, 3.63) is 17.8 Å². The monoisotopic (exact) mass is 234 g/mol. The van der Waals surface area contributed by atoms with Crippen LogP contribution in [-0.2, 0) is 4.79 Å². The van der Waals surface area contributed by atoms with Crippen LogP contribution in [0.15, 0.2) is 12.3 Å². The number of hydrogen-bond donors (Lipinski definition) is 2. The Balaban J connectivity index is 2.24.